The van der Waals surface area contributed by atoms with Crippen molar-refractivity contribution >= 4 is 28.1 Å². The summed E-state index contributed by atoms with van der Waals surface area (Å²) < 4.78 is 20.5. The molecule has 11 heteroatoms. The summed E-state index contributed by atoms with van der Waals surface area (Å²) in [6, 6.07) is 12.8. The van der Waals surface area contributed by atoms with E-state index in [1.807, 2.05) is 41.0 Å². The zero-order valence-corrected chi connectivity index (χ0v) is 21.9. The molecule has 0 spiro atoms. The average molecular weight is 536 g/mol. The van der Waals surface area contributed by atoms with E-state index in [1.165, 1.54) is 23.1 Å². The van der Waals surface area contributed by atoms with Gasteiger partial charge in [0.05, 0.1) is 25.6 Å². The van der Waals surface area contributed by atoms with E-state index in [4.69, 9.17) is 18.9 Å². The van der Waals surface area contributed by atoms with E-state index in [-0.39, 0.29) is 12.2 Å². The fourth-order valence-electron chi connectivity index (χ4n) is 4.42. The second-order valence-corrected chi connectivity index (χ2v) is 10.7. The van der Waals surface area contributed by atoms with Crippen molar-refractivity contribution in [2.24, 2.45) is 0 Å². The van der Waals surface area contributed by atoms with E-state index in [0.29, 0.717) is 29.0 Å². The fourth-order valence-corrected chi connectivity index (χ4v) is 6.51. The molecule has 0 saturated heterocycles. The van der Waals surface area contributed by atoms with Gasteiger partial charge >= 0.3 is 0 Å². The lowest BCUT2D eigenvalue weighted by atomic mass is 10.0. The smallest absolute Gasteiger partial charge is 0.259 e. The van der Waals surface area contributed by atoms with Gasteiger partial charge < -0.3 is 13.9 Å². The summed E-state index contributed by atoms with van der Waals surface area (Å²) in [4.78, 5) is 19.8. The van der Waals surface area contributed by atoms with E-state index < -0.39 is 0 Å². The van der Waals surface area contributed by atoms with Crippen LogP contribution < -0.4 is 15.0 Å². The maximum absolute atomic E-state index is 12.9. The molecule has 1 aliphatic rings. The molecule has 0 bridgehead atoms. The Morgan fingerprint density at radius 2 is 1.95 bits per heavy atom. The number of nitrogens with zero attached hydrogens (tertiary/aromatic N) is 5. The molecule has 0 saturated carbocycles. The van der Waals surface area contributed by atoms with E-state index >= 15 is 0 Å². The minimum absolute atomic E-state index is 0.00867. The van der Waals surface area contributed by atoms with Gasteiger partial charge in [-0.1, -0.05) is 11.8 Å². The molecular formula is C26H25N5O4S2. The number of furan rings is 1. The Bertz CT molecular complexity index is 1570. The lowest BCUT2D eigenvalue weighted by Gasteiger charge is -2.11. The number of hydrogen-bond acceptors (Lipinski definition) is 9. The summed E-state index contributed by atoms with van der Waals surface area (Å²) in [5.74, 6) is 3.43. The van der Waals surface area contributed by atoms with Gasteiger partial charge in [0.25, 0.3) is 5.56 Å². The standard InChI is InChI=1S/C26H25N5O4S2/c1-33-18-8-10-19(11-9-18)35-15-23-28-29-26(30(23)14-20-5-4-12-34-20)36-16-17-13-24(32)31-21-6-2-3-7-22(21)37-25(31)27-17/h4-5,8-13H,2-3,6-7,14-16H2,1H3. The maximum Gasteiger partial charge on any atom is 0.259 e. The Kier molecular flexibility index (Phi) is 6.71. The topological polar surface area (TPSA) is 96.7 Å². The minimum Gasteiger partial charge on any atom is -0.497 e. The molecule has 190 valence electrons. The summed E-state index contributed by atoms with van der Waals surface area (Å²) in [6.45, 7) is 0.712. The first-order valence-corrected chi connectivity index (χ1v) is 13.9. The van der Waals surface area contributed by atoms with Crippen molar-refractivity contribution in [3.63, 3.8) is 0 Å². The van der Waals surface area contributed by atoms with Crippen LogP contribution in [-0.4, -0.2) is 31.3 Å². The second-order valence-electron chi connectivity index (χ2n) is 8.70. The highest BCUT2D eigenvalue weighted by atomic mass is 32.2. The molecule has 6 rings (SSSR count). The molecule has 0 radical (unpaired) electrons. The van der Waals surface area contributed by atoms with E-state index in [2.05, 4.69) is 10.2 Å². The SMILES string of the molecule is COc1ccc(OCc2nnc(SCc3cc(=O)n4c5c(sc4n3)CCCC5)n2Cc2ccco2)cc1. The van der Waals surface area contributed by atoms with Crippen LogP contribution in [0.1, 0.15) is 40.7 Å². The Morgan fingerprint density at radius 3 is 2.76 bits per heavy atom. The van der Waals surface area contributed by atoms with Crippen LogP contribution in [0.5, 0.6) is 11.5 Å². The summed E-state index contributed by atoms with van der Waals surface area (Å²) in [5, 5.41) is 9.51. The number of benzene rings is 1. The number of rotatable bonds is 9. The molecule has 1 aliphatic carbocycles. The number of thiazole rings is 1. The number of thioether (sulfide) groups is 1. The van der Waals surface area contributed by atoms with Crippen molar-refractivity contribution < 1.29 is 13.9 Å². The van der Waals surface area contributed by atoms with Crippen LogP contribution in [0.4, 0.5) is 0 Å². The zero-order chi connectivity index (χ0) is 25.2. The first kappa shape index (κ1) is 23.8. The second kappa shape index (κ2) is 10.4. The van der Waals surface area contributed by atoms with Crippen LogP contribution >= 0.6 is 23.1 Å². The number of methoxy groups -OCH3 is 1. The van der Waals surface area contributed by atoms with Gasteiger partial charge in [-0.2, -0.15) is 0 Å². The lowest BCUT2D eigenvalue weighted by molar-refractivity contribution is 0.287. The molecule has 4 aromatic heterocycles. The van der Waals surface area contributed by atoms with Gasteiger partial charge in [-0.25, -0.2) is 4.98 Å². The van der Waals surface area contributed by atoms with Gasteiger partial charge in [-0.15, -0.1) is 21.5 Å². The molecule has 0 N–H and O–H groups in total. The van der Waals surface area contributed by atoms with Crippen LogP contribution in [-0.2, 0) is 31.7 Å². The van der Waals surface area contributed by atoms with Gasteiger partial charge in [0.2, 0.25) is 0 Å². The Hall–Kier alpha value is -3.57. The maximum atomic E-state index is 12.9. The number of hydrogen-bond donors (Lipinski definition) is 0. The Morgan fingerprint density at radius 1 is 1.11 bits per heavy atom. The summed E-state index contributed by atoms with van der Waals surface area (Å²) >= 11 is 3.13. The zero-order valence-electron chi connectivity index (χ0n) is 20.3. The average Bonchev–Trinajstić information content (AvgIpc) is 3.66. The van der Waals surface area contributed by atoms with Gasteiger partial charge in [-0.3, -0.25) is 13.8 Å². The molecule has 9 nitrogen and oxygen atoms in total. The van der Waals surface area contributed by atoms with Gasteiger partial charge in [0.15, 0.2) is 15.9 Å². The normalized spacial score (nSPS) is 13.1. The molecule has 0 amide bonds. The minimum atomic E-state index is -0.00867. The number of aryl methyl sites for hydroxylation is 2. The summed E-state index contributed by atoms with van der Waals surface area (Å²) in [7, 11) is 1.63. The highest BCUT2D eigenvalue weighted by Gasteiger charge is 2.20. The molecule has 1 aromatic carbocycles. The van der Waals surface area contributed by atoms with Gasteiger partial charge in [0.1, 0.15) is 23.9 Å². The van der Waals surface area contributed by atoms with E-state index in [1.54, 1.807) is 35.2 Å². The third-order valence-corrected chi connectivity index (χ3v) is 8.42. The van der Waals surface area contributed by atoms with Gasteiger partial charge in [-0.05, 0) is 62.1 Å². The van der Waals surface area contributed by atoms with Crippen molar-refractivity contribution in [2.75, 3.05) is 7.11 Å². The van der Waals surface area contributed by atoms with Crippen LogP contribution in [0.25, 0.3) is 4.96 Å². The van der Waals surface area contributed by atoms with Crippen LogP contribution in [0.2, 0.25) is 0 Å². The highest BCUT2D eigenvalue weighted by Crippen LogP contribution is 2.29. The van der Waals surface area contributed by atoms with Crippen molar-refractivity contribution in [3.8, 4) is 11.5 Å². The number of aromatic nitrogens is 5. The third kappa shape index (κ3) is 5.01. The molecular weight excluding hydrogens is 510 g/mol. The molecule has 37 heavy (non-hydrogen) atoms. The van der Waals surface area contributed by atoms with Gasteiger partial charge in [0, 0.05) is 22.4 Å². The first-order valence-electron chi connectivity index (χ1n) is 12.1. The first-order chi connectivity index (χ1) is 18.2. The molecule has 0 fully saturated rings. The monoisotopic (exact) mass is 535 g/mol. The van der Waals surface area contributed by atoms with E-state index in [9.17, 15) is 4.79 Å². The largest absolute Gasteiger partial charge is 0.497 e. The highest BCUT2D eigenvalue weighted by molar-refractivity contribution is 7.98. The number of ether oxygens (including phenoxy) is 2. The fraction of sp³-hybridized carbons (Fsp3) is 0.308. The third-order valence-electron chi connectivity index (χ3n) is 6.28. The number of fused-ring (bicyclic) bond motifs is 3. The van der Waals surface area contributed by atoms with Crippen molar-refractivity contribution in [1.29, 1.82) is 0 Å². The predicted molar refractivity (Wildman–Crippen MR) is 141 cm³/mol. The molecule has 4 heterocycles. The quantitative estimate of drug-likeness (QED) is 0.250. The summed E-state index contributed by atoms with van der Waals surface area (Å²) in [6.07, 6.45) is 5.92. The van der Waals surface area contributed by atoms with Crippen LogP contribution in [0.15, 0.2) is 63.1 Å². The molecule has 0 unspecified atom stereocenters. The Labute approximate surface area is 221 Å². The molecule has 0 atom stereocenters. The molecule has 5 aromatic rings. The summed E-state index contributed by atoms with van der Waals surface area (Å²) in [5.41, 5.74) is 1.87. The van der Waals surface area contributed by atoms with E-state index in [0.717, 1.165) is 47.1 Å². The predicted octanol–water partition coefficient (Wildman–Crippen LogP) is 4.75. The van der Waals surface area contributed by atoms with Crippen molar-refractivity contribution in [2.45, 2.75) is 49.7 Å². The molecule has 0 aliphatic heterocycles. The van der Waals surface area contributed by atoms with Crippen molar-refractivity contribution in [1.82, 2.24) is 24.1 Å². The van der Waals surface area contributed by atoms with Crippen LogP contribution in [0.3, 0.4) is 0 Å². The van der Waals surface area contributed by atoms with Crippen molar-refractivity contribution in [3.05, 3.63) is 86.9 Å². The lowest BCUT2D eigenvalue weighted by Crippen LogP contribution is -2.17. The van der Waals surface area contributed by atoms with Crippen LogP contribution in [0, 0.1) is 0 Å². The Balaban J connectivity index is 1.22.